The van der Waals surface area contributed by atoms with Gasteiger partial charge in [-0.15, -0.1) is 0 Å². The highest BCUT2D eigenvalue weighted by molar-refractivity contribution is 7.80. The second kappa shape index (κ2) is 6.09. The summed E-state index contributed by atoms with van der Waals surface area (Å²) < 4.78 is 24.3. The van der Waals surface area contributed by atoms with Crippen molar-refractivity contribution in [3.8, 4) is 5.88 Å². The lowest BCUT2D eigenvalue weighted by Gasteiger charge is -2.11. The zero-order valence-corrected chi connectivity index (χ0v) is 12.4. The maximum absolute atomic E-state index is 13.6. The van der Waals surface area contributed by atoms with Crippen LogP contribution in [0.1, 0.15) is 25.1 Å². The molecule has 2 aromatic rings. The summed E-state index contributed by atoms with van der Waals surface area (Å²) >= 11 is 5.14. The van der Waals surface area contributed by atoms with Gasteiger partial charge >= 0.3 is 0 Å². The van der Waals surface area contributed by atoms with Gasteiger partial charge in [-0.2, -0.15) is 0 Å². The van der Waals surface area contributed by atoms with E-state index in [0.29, 0.717) is 41.4 Å². The van der Waals surface area contributed by atoms with Gasteiger partial charge in [0.25, 0.3) is 0 Å². The maximum Gasteiger partial charge on any atom is 0.245 e. The Bertz CT molecular complexity index is 661. The number of hydrogen-bond acceptors (Lipinski definition) is 5. The average molecular weight is 294 g/mol. The third-order valence-electron chi connectivity index (χ3n) is 2.66. The van der Waals surface area contributed by atoms with Crippen molar-refractivity contribution in [2.24, 2.45) is 0 Å². The molecule has 0 unspecified atom stereocenters. The Labute approximate surface area is 121 Å². The number of fused-ring (bicyclic) bond motifs is 1. The van der Waals surface area contributed by atoms with E-state index in [1.165, 1.54) is 6.07 Å². The Hall–Kier alpha value is -1.82. The number of hydrogen-bond donors (Lipinski definition) is 0. The van der Waals surface area contributed by atoms with Crippen molar-refractivity contribution in [1.29, 1.82) is 0 Å². The highest BCUT2D eigenvalue weighted by Crippen LogP contribution is 2.22. The van der Waals surface area contributed by atoms with Crippen molar-refractivity contribution in [1.82, 2.24) is 9.97 Å². The number of nitrogens with zero attached hydrogens (tertiary/aromatic N) is 2. The largest absolute Gasteiger partial charge is 0.482 e. The Morgan fingerprint density at radius 2 is 1.90 bits per heavy atom. The van der Waals surface area contributed by atoms with Crippen LogP contribution in [0, 0.1) is 12.7 Å². The highest BCUT2D eigenvalue weighted by Gasteiger charge is 2.16. The molecule has 0 aliphatic rings. The number of rotatable bonds is 4. The van der Waals surface area contributed by atoms with Crippen LogP contribution in [0.15, 0.2) is 12.1 Å². The lowest BCUT2D eigenvalue weighted by Crippen LogP contribution is -2.11. The Balaban J connectivity index is 2.62. The van der Waals surface area contributed by atoms with Crippen molar-refractivity contribution in [3.63, 3.8) is 0 Å². The summed E-state index contributed by atoms with van der Waals surface area (Å²) in [5.41, 5.74) is 1.83. The monoisotopic (exact) mass is 294 g/mol. The molecule has 0 aliphatic heterocycles. The summed E-state index contributed by atoms with van der Waals surface area (Å²) in [6.07, 6.45) is 0. The third-order valence-corrected chi connectivity index (χ3v) is 2.97. The van der Waals surface area contributed by atoms with Gasteiger partial charge in [0.15, 0.2) is 5.69 Å². The van der Waals surface area contributed by atoms with E-state index in [4.69, 9.17) is 21.7 Å². The fraction of sp³-hybridized carbons (Fsp3) is 0.357. The molecule has 1 heterocycles. The zero-order valence-electron chi connectivity index (χ0n) is 11.6. The highest BCUT2D eigenvalue weighted by atomic mass is 32.1. The van der Waals surface area contributed by atoms with Crippen LogP contribution in [-0.2, 0) is 4.74 Å². The molecule has 0 aliphatic carbocycles. The molecule has 0 atom stereocenters. The number of aromatic nitrogens is 2. The first-order valence-corrected chi connectivity index (χ1v) is 6.75. The minimum atomic E-state index is -0.329. The summed E-state index contributed by atoms with van der Waals surface area (Å²) in [5, 5.41) is 0.200. The molecule has 4 nitrogen and oxygen atoms in total. The van der Waals surface area contributed by atoms with E-state index in [1.807, 2.05) is 13.8 Å². The fourth-order valence-electron chi connectivity index (χ4n) is 1.74. The van der Waals surface area contributed by atoms with Gasteiger partial charge in [-0.05, 0) is 44.6 Å². The molecule has 0 bridgehead atoms. The van der Waals surface area contributed by atoms with Gasteiger partial charge in [-0.25, -0.2) is 14.4 Å². The summed E-state index contributed by atoms with van der Waals surface area (Å²) in [6.45, 7) is 6.20. The van der Waals surface area contributed by atoms with E-state index < -0.39 is 0 Å². The van der Waals surface area contributed by atoms with Gasteiger partial charge in [-0.1, -0.05) is 0 Å². The molecule has 1 aromatic heterocycles. The van der Waals surface area contributed by atoms with Crippen LogP contribution in [0.2, 0.25) is 0 Å². The van der Waals surface area contributed by atoms with Gasteiger partial charge in [0.2, 0.25) is 10.9 Å². The van der Waals surface area contributed by atoms with Crippen LogP contribution in [0.25, 0.3) is 11.0 Å². The zero-order chi connectivity index (χ0) is 14.7. The minimum Gasteiger partial charge on any atom is -0.482 e. The van der Waals surface area contributed by atoms with E-state index in [-0.39, 0.29) is 10.9 Å². The van der Waals surface area contributed by atoms with Gasteiger partial charge in [0, 0.05) is 6.07 Å². The van der Waals surface area contributed by atoms with E-state index in [1.54, 1.807) is 13.0 Å². The Morgan fingerprint density at radius 3 is 2.55 bits per heavy atom. The minimum absolute atomic E-state index is 0.200. The van der Waals surface area contributed by atoms with Crippen LogP contribution >= 0.6 is 12.2 Å². The van der Waals surface area contributed by atoms with Crippen molar-refractivity contribution < 1.29 is 13.9 Å². The molecule has 106 valence electrons. The molecular formula is C14H15FN2O2S. The molecule has 1 aromatic carbocycles. The molecule has 0 fully saturated rings. The van der Waals surface area contributed by atoms with Crippen LogP contribution in [0.5, 0.6) is 5.88 Å². The topological polar surface area (TPSA) is 44.2 Å². The van der Waals surface area contributed by atoms with Gasteiger partial charge < -0.3 is 9.47 Å². The van der Waals surface area contributed by atoms with Crippen LogP contribution in [-0.4, -0.2) is 28.2 Å². The average Bonchev–Trinajstić information content (AvgIpc) is 2.40. The molecule has 0 saturated heterocycles. The van der Waals surface area contributed by atoms with Gasteiger partial charge in [0.05, 0.1) is 24.2 Å². The number of benzene rings is 1. The van der Waals surface area contributed by atoms with E-state index in [0.717, 1.165) is 0 Å². The Morgan fingerprint density at radius 1 is 1.20 bits per heavy atom. The summed E-state index contributed by atoms with van der Waals surface area (Å²) in [4.78, 5) is 8.67. The molecule has 2 rings (SSSR count). The first kappa shape index (κ1) is 14.6. The van der Waals surface area contributed by atoms with Crippen molar-refractivity contribution in [2.45, 2.75) is 20.8 Å². The summed E-state index contributed by atoms with van der Waals surface area (Å²) in [5.74, 6) is -0.0197. The predicted molar refractivity (Wildman–Crippen MR) is 78.7 cm³/mol. The fourth-order valence-corrected chi connectivity index (χ4v) is 1.99. The maximum atomic E-state index is 13.6. The first-order valence-electron chi connectivity index (χ1n) is 6.34. The number of halogens is 1. The number of ether oxygens (including phenoxy) is 2. The molecule has 20 heavy (non-hydrogen) atoms. The van der Waals surface area contributed by atoms with E-state index in [2.05, 4.69) is 9.97 Å². The second-order valence-corrected chi connectivity index (χ2v) is 4.49. The molecule has 0 saturated carbocycles. The first-order chi connectivity index (χ1) is 9.56. The number of thiocarbonyl (C=S) groups is 1. The summed E-state index contributed by atoms with van der Waals surface area (Å²) in [6, 6.07) is 2.97. The molecule has 0 amide bonds. The standard InChI is InChI=1S/C14H15FN2O2S/c1-4-18-13-12(14(20)19-5-2)16-11-7-9(15)8(3)6-10(11)17-13/h6-7H,4-5H2,1-3H3. The van der Waals surface area contributed by atoms with Crippen molar-refractivity contribution in [2.75, 3.05) is 13.2 Å². The quantitative estimate of drug-likeness (QED) is 0.810. The summed E-state index contributed by atoms with van der Waals surface area (Å²) in [7, 11) is 0. The molecule has 6 heteroatoms. The molecule has 0 N–H and O–H groups in total. The molecule has 0 spiro atoms. The normalized spacial score (nSPS) is 10.6. The van der Waals surface area contributed by atoms with Crippen LogP contribution in [0.3, 0.4) is 0 Å². The van der Waals surface area contributed by atoms with Crippen LogP contribution < -0.4 is 4.74 Å². The predicted octanol–water partition coefficient (Wildman–Crippen LogP) is 3.19. The lowest BCUT2D eigenvalue weighted by atomic mass is 10.2. The Kier molecular flexibility index (Phi) is 4.44. The molecular weight excluding hydrogens is 279 g/mol. The van der Waals surface area contributed by atoms with E-state index in [9.17, 15) is 4.39 Å². The van der Waals surface area contributed by atoms with Crippen LogP contribution in [0.4, 0.5) is 4.39 Å². The lowest BCUT2D eigenvalue weighted by molar-refractivity contribution is 0.314. The van der Waals surface area contributed by atoms with E-state index >= 15 is 0 Å². The number of aryl methyl sites for hydroxylation is 1. The smallest absolute Gasteiger partial charge is 0.245 e. The van der Waals surface area contributed by atoms with Crippen molar-refractivity contribution in [3.05, 3.63) is 29.2 Å². The molecule has 0 radical (unpaired) electrons. The van der Waals surface area contributed by atoms with Gasteiger partial charge in [-0.3, -0.25) is 0 Å². The SMILES string of the molecule is CCOC(=S)c1nc2cc(F)c(C)cc2nc1OCC. The van der Waals surface area contributed by atoms with Crippen molar-refractivity contribution >= 4 is 28.3 Å². The van der Waals surface area contributed by atoms with Gasteiger partial charge in [0.1, 0.15) is 5.82 Å². The third kappa shape index (κ3) is 2.85. The second-order valence-electron chi connectivity index (χ2n) is 4.12.